The summed E-state index contributed by atoms with van der Waals surface area (Å²) in [5.41, 5.74) is 3.00. The third-order valence-corrected chi connectivity index (χ3v) is 3.90. The molecule has 0 aliphatic carbocycles. The molecule has 0 unspecified atom stereocenters. The third-order valence-electron chi connectivity index (χ3n) is 3.90. The van der Waals surface area contributed by atoms with Crippen molar-refractivity contribution in [2.24, 2.45) is 0 Å². The van der Waals surface area contributed by atoms with Crippen LogP contribution in [-0.4, -0.2) is 44.7 Å². The SMILES string of the molecule is CCOC(=O)CCC(=O)Nc1cccc(N2CCNCC2)c1C. The highest BCUT2D eigenvalue weighted by molar-refractivity contribution is 5.94. The van der Waals surface area contributed by atoms with Crippen molar-refractivity contribution in [1.29, 1.82) is 0 Å². The van der Waals surface area contributed by atoms with E-state index < -0.39 is 0 Å². The number of amides is 1. The minimum atomic E-state index is -0.339. The maximum absolute atomic E-state index is 12.0. The second-order valence-corrected chi connectivity index (χ2v) is 5.54. The zero-order valence-electron chi connectivity index (χ0n) is 13.9. The third kappa shape index (κ3) is 4.96. The molecule has 2 rings (SSSR count). The first-order valence-corrected chi connectivity index (χ1v) is 8.12. The van der Waals surface area contributed by atoms with Gasteiger partial charge in [-0.25, -0.2) is 0 Å². The van der Waals surface area contributed by atoms with E-state index in [0.717, 1.165) is 43.1 Å². The van der Waals surface area contributed by atoms with Crippen molar-refractivity contribution in [1.82, 2.24) is 5.32 Å². The summed E-state index contributed by atoms with van der Waals surface area (Å²) < 4.78 is 4.83. The quantitative estimate of drug-likeness (QED) is 0.781. The van der Waals surface area contributed by atoms with Crippen molar-refractivity contribution in [3.63, 3.8) is 0 Å². The lowest BCUT2D eigenvalue weighted by Crippen LogP contribution is -2.43. The number of carbonyl (C=O) groups excluding carboxylic acids is 2. The van der Waals surface area contributed by atoms with Gasteiger partial charge in [0.2, 0.25) is 5.91 Å². The molecule has 0 radical (unpaired) electrons. The summed E-state index contributed by atoms with van der Waals surface area (Å²) >= 11 is 0. The number of anilines is 2. The van der Waals surface area contributed by atoms with Gasteiger partial charge in [0.05, 0.1) is 13.0 Å². The molecule has 0 spiro atoms. The molecule has 1 aliphatic rings. The van der Waals surface area contributed by atoms with E-state index in [1.54, 1.807) is 6.92 Å². The standard InChI is InChI=1S/C17H25N3O3/c1-3-23-17(22)8-7-16(21)19-14-5-4-6-15(13(14)2)20-11-9-18-10-12-20/h4-6,18H,3,7-12H2,1-2H3,(H,19,21). The number of carbonyl (C=O) groups is 2. The lowest BCUT2D eigenvalue weighted by Gasteiger charge is -2.31. The number of rotatable bonds is 6. The van der Waals surface area contributed by atoms with E-state index in [9.17, 15) is 9.59 Å². The zero-order valence-corrected chi connectivity index (χ0v) is 13.9. The van der Waals surface area contributed by atoms with Gasteiger partial charge in [0.15, 0.2) is 0 Å². The molecular weight excluding hydrogens is 294 g/mol. The van der Waals surface area contributed by atoms with Crippen LogP contribution in [0.1, 0.15) is 25.3 Å². The fourth-order valence-corrected chi connectivity index (χ4v) is 2.67. The molecule has 23 heavy (non-hydrogen) atoms. The fraction of sp³-hybridized carbons (Fsp3) is 0.529. The summed E-state index contributed by atoms with van der Waals surface area (Å²) in [5.74, 6) is -0.507. The number of nitrogens with zero attached hydrogens (tertiary/aromatic N) is 1. The Hall–Kier alpha value is -2.08. The van der Waals surface area contributed by atoms with Gasteiger partial charge in [-0.1, -0.05) is 6.07 Å². The molecule has 1 aromatic carbocycles. The Kier molecular flexibility index (Phi) is 6.40. The zero-order chi connectivity index (χ0) is 16.7. The largest absolute Gasteiger partial charge is 0.466 e. The predicted octanol–water partition coefficient (Wildman–Crippen LogP) is 1.69. The fourth-order valence-electron chi connectivity index (χ4n) is 2.67. The van der Waals surface area contributed by atoms with E-state index >= 15 is 0 Å². The minimum absolute atomic E-state index is 0.107. The highest BCUT2D eigenvalue weighted by Crippen LogP contribution is 2.27. The molecule has 0 aromatic heterocycles. The van der Waals surface area contributed by atoms with Crippen LogP contribution in [0.25, 0.3) is 0 Å². The molecule has 6 heteroatoms. The van der Waals surface area contributed by atoms with Gasteiger partial charge in [-0.15, -0.1) is 0 Å². The first-order valence-electron chi connectivity index (χ1n) is 8.12. The van der Waals surface area contributed by atoms with Crippen LogP contribution in [0, 0.1) is 6.92 Å². The number of benzene rings is 1. The number of hydrogen-bond acceptors (Lipinski definition) is 5. The Labute approximate surface area is 137 Å². The smallest absolute Gasteiger partial charge is 0.306 e. The van der Waals surface area contributed by atoms with Crippen molar-refractivity contribution in [2.45, 2.75) is 26.7 Å². The van der Waals surface area contributed by atoms with Gasteiger partial charge < -0.3 is 20.3 Å². The van der Waals surface area contributed by atoms with E-state index in [1.807, 2.05) is 19.1 Å². The molecule has 0 bridgehead atoms. The maximum Gasteiger partial charge on any atom is 0.306 e. The molecule has 1 aromatic rings. The van der Waals surface area contributed by atoms with E-state index in [-0.39, 0.29) is 24.7 Å². The second-order valence-electron chi connectivity index (χ2n) is 5.54. The predicted molar refractivity (Wildman–Crippen MR) is 90.8 cm³/mol. The highest BCUT2D eigenvalue weighted by atomic mass is 16.5. The van der Waals surface area contributed by atoms with Gasteiger partial charge in [-0.2, -0.15) is 0 Å². The van der Waals surface area contributed by atoms with Gasteiger partial charge >= 0.3 is 5.97 Å². The molecule has 1 aliphatic heterocycles. The Balaban J connectivity index is 1.97. The van der Waals surface area contributed by atoms with Crippen LogP contribution in [0.3, 0.4) is 0 Å². The van der Waals surface area contributed by atoms with Crippen LogP contribution >= 0.6 is 0 Å². The number of nitrogens with one attached hydrogen (secondary N) is 2. The second kappa shape index (κ2) is 8.53. The summed E-state index contributed by atoms with van der Waals surface area (Å²) in [6.07, 6.45) is 0.242. The molecule has 1 amide bonds. The molecular formula is C17H25N3O3. The molecule has 2 N–H and O–H groups in total. The van der Waals surface area contributed by atoms with Crippen LogP contribution < -0.4 is 15.5 Å². The molecule has 126 valence electrons. The molecule has 0 atom stereocenters. The normalized spacial score (nSPS) is 14.4. The number of piperazine rings is 1. The van der Waals surface area contributed by atoms with Gasteiger partial charge in [-0.05, 0) is 31.5 Å². The maximum atomic E-state index is 12.0. The molecule has 1 fully saturated rings. The molecule has 0 saturated carbocycles. The number of esters is 1. The van der Waals surface area contributed by atoms with E-state index in [1.165, 1.54) is 0 Å². The summed E-state index contributed by atoms with van der Waals surface area (Å²) in [6, 6.07) is 5.92. The average Bonchev–Trinajstić information content (AvgIpc) is 2.56. The Morgan fingerprint density at radius 3 is 2.70 bits per heavy atom. The average molecular weight is 319 g/mol. The molecule has 1 saturated heterocycles. The first kappa shape index (κ1) is 17.3. The van der Waals surface area contributed by atoms with E-state index in [4.69, 9.17) is 4.74 Å². The summed E-state index contributed by atoms with van der Waals surface area (Å²) in [7, 11) is 0. The van der Waals surface area contributed by atoms with Crippen LogP contribution in [0.15, 0.2) is 18.2 Å². The van der Waals surface area contributed by atoms with E-state index in [0.29, 0.717) is 6.61 Å². The van der Waals surface area contributed by atoms with Crippen LogP contribution in [0.4, 0.5) is 11.4 Å². The monoisotopic (exact) mass is 319 g/mol. The van der Waals surface area contributed by atoms with Crippen molar-refractivity contribution >= 4 is 23.3 Å². The summed E-state index contributed by atoms with van der Waals surface area (Å²) in [5, 5.41) is 6.23. The summed E-state index contributed by atoms with van der Waals surface area (Å²) in [4.78, 5) is 25.7. The number of ether oxygens (including phenoxy) is 1. The van der Waals surface area contributed by atoms with Crippen molar-refractivity contribution in [2.75, 3.05) is 43.0 Å². The van der Waals surface area contributed by atoms with Crippen molar-refractivity contribution in [3.05, 3.63) is 23.8 Å². The molecule has 6 nitrogen and oxygen atoms in total. The van der Waals surface area contributed by atoms with Gasteiger partial charge in [0.25, 0.3) is 0 Å². The first-order chi connectivity index (χ1) is 11.1. The van der Waals surface area contributed by atoms with E-state index in [2.05, 4.69) is 21.6 Å². The molecule has 1 heterocycles. The topological polar surface area (TPSA) is 70.7 Å². The highest BCUT2D eigenvalue weighted by Gasteiger charge is 2.15. The lowest BCUT2D eigenvalue weighted by atomic mass is 10.1. The Bertz CT molecular complexity index is 554. The van der Waals surface area contributed by atoms with Crippen LogP contribution in [0.2, 0.25) is 0 Å². The van der Waals surface area contributed by atoms with Crippen LogP contribution in [-0.2, 0) is 14.3 Å². The summed E-state index contributed by atoms with van der Waals surface area (Å²) in [6.45, 7) is 7.96. The number of hydrogen-bond donors (Lipinski definition) is 2. The lowest BCUT2D eigenvalue weighted by molar-refractivity contribution is -0.144. The van der Waals surface area contributed by atoms with Crippen LogP contribution in [0.5, 0.6) is 0 Å². The van der Waals surface area contributed by atoms with Crippen molar-refractivity contribution < 1.29 is 14.3 Å². The van der Waals surface area contributed by atoms with Gasteiger partial charge in [0, 0.05) is 44.0 Å². The minimum Gasteiger partial charge on any atom is -0.466 e. The Morgan fingerprint density at radius 1 is 1.26 bits per heavy atom. The van der Waals surface area contributed by atoms with Gasteiger partial charge in [-0.3, -0.25) is 9.59 Å². The Morgan fingerprint density at radius 2 is 2.00 bits per heavy atom. The van der Waals surface area contributed by atoms with Crippen molar-refractivity contribution in [3.8, 4) is 0 Å². The van der Waals surface area contributed by atoms with Gasteiger partial charge in [0.1, 0.15) is 0 Å².